The molecule has 0 spiro atoms. The number of hydrogen-bond acceptors (Lipinski definition) is 3. The maximum absolute atomic E-state index is 6.15. The van der Waals surface area contributed by atoms with Gasteiger partial charge in [0.15, 0.2) is 5.96 Å². The second-order valence-corrected chi connectivity index (χ2v) is 8.53. The molecule has 4 nitrogen and oxygen atoms in total. The minimum atomic E-state index is 0. The lowest BCUT2D eigenvalue weighted by Crippen LogP contribution is -2.45. The molecule has 6 heteroatoms. The van der Waals surface area contributed by atoms with Crippen molar-refractivity contribution < 1.29 is 4.74 Å². The van der Waals surface area contributed by atoms with E-state index in [9.17, 15) is 0 Å². The topological polar surface area (TPSA) is 45.7 Å². The van der Waals surface area contributed by atoms with Crippen LogP contribution in [0.3, 0.4) is 0 Å². The third-order valence-corrected chi connectivity index (χ3v) is 6.40. The number of thioether (sulfide) groups is 1. The molecule has 2 heterocycles. The summed E-state index contributed by atoms with van der Waals surface area (Å²) in [6, 6.07) is 9.33. The summed E-state index contributed by atoms with van der Waals surface area (Å²) in [6.45, 7) is 6.83. The molecule has 152 valence electrons. The van der Waals surface area contributed by atoms with Gasteiger partial charge in [-0.1, -0.05) is 29.8 Å². The predicted octanol–water partition coefficient (Wildman–Crippen LogP) is 4.53. The summed E-state index contributed by atoms with van der Waals surface area (Å²) in [4.78, 5) is 4.93. The molecule has 2 aliphatic rings. The molecule has 27 heavy (non-hydrogen) atoms. The number of aryl methyl sites for hydroxylation is 1. The van der Waals surface area contributed by atoms with E-state index in [2.05, 4.69) is 48.7 Å². The molecule has 1 aromatic carbocycles. The number of aliphatic imine (C=N–C) groups is 1. The molecule has 2 aliphatic heterocycles. The average molecular weight is 503 g/mol. The van der Waals surface area contributed by atoms with Crippen molar-refractivity contribution in [1.82, 2.24) is 10.6 Å². The SMILES string of the molecule is CCNC(=NCC1CCCOC1c1ccc(C)cc1)NC1CCCSC1.I. The van der Waals surface area contributed by atoms with Crippen LogP contribution in [0.2, 0.25) is 0 Å². The Morgan fingerprint density at radius 3 is 2.74 bits per heavy atom. The summed E-state index contributed by atoms with van der Waals surface area (Å²) in [5.41, 5.74) is 2.58. The normalized spacial score (nSPS) is 26.1. The standard InChI is InChI=1S/C21H33N3OS.HI/c1-3-22-21(24-19-7-5-13-26-15-19)23-14-18-6-4-12-25-20(18)17-10-8-16(2)9-11-17;/h8-11,18-20H,3-7,12-15H2,1-2H3,(H2,22,23,24);1H. The first-order valence-electron chi connectivity index (χ1n) is 10.1. The largest absolute Gasteiger partial charge is 0.373 e. The maximum atomic E-state index is 6.15. The summed E-state index contributed by atoms with van der Waals surface area (Å²) in [7, 11) is 0. The molecule has 0 aromatic heterocycles. The zero-order valence-corrected chi connectivity index (χ0v) is 19.7. The molecule has 0 amide bonds. The summed E-state index contributed by atoms with van der Waals surface area (Å²) >= 11 is 2.04. The highest BCUT2D eigenvalue weighted by molar-refractivity contribution is 14.0. The quantitative estimate of drug-likeness (QED) is 0.352. The van der Waals surface area contributed by atoms with Crippen molar-refractivity contribution in [3.8, 4) is 0 Å². The van der Waals surface area contributed by atoms with Crippen LogP contribution in [0, 0.1) is 12.8 Å². The van der Waals surface area contributed by atoms with Gasteiger partial charge in [0, 0.05) is 37.4 Å². The van der Waals surface area contributed by atoms with Gasteiger partial charge in [-0.3, -0.25) is 4.99 Å². The third-order valence-electron chi connectivity index (χ3n) is 5.18. The number of nitrogens with zero attached hydrogens (tertiary/aromatic N) is 1. The molecule has 2 fully saturated rings. The van der Waals surface area contributed by atoms with E-state index in [1.54, 1.807) is 0 Å². The van der Waals surface area contributed by atoms with Gasteiger partial charge in [-0.25, -0.2) is 0 Å². The average Bonchev–Trinajstić information content (AvgIpc) is 2.68. The molecule has 0 bridgehead atoms. The van der Waals surface area contributed by atoms with E-state index in [0.717, 1.165) is 32.1 Å². The minimum Gasteiger partial charge on any atom is -0.373 e. The number of rotatable bonds is 5. The molecule has 3 atom stereocenters. The fourth-order valence-electron chi connectivity index (χ4n) is 3.73. The zero-order valence-electron chi connectivity index (χ0n) is 16.6. The van der Waals surface area contributed by atoms with Gasteiger partial charge in [0.05, 0.1) is 6.10 Å². The van der Waals surface area contributed by atoms with Crippen molar-refractivity contribution in [2.75, 3.05) is 31.2 Å². The van der Waals surface area contributed by atoms with Crippen LogP contribution < -0.4 is 10.6 Å². The van der Waals surface area contributed by atoms with E-state index in [4.69, 9.17) is 9.73 Å². The minimum absolute atomic E-state index is 0. The van der Waals surface area contributed by atoms with Crippen molar-refractivity contribution in [3.63, 3.8) is 0 Å². The first-order valence-corrected chi connectivity index (χ1v) is 11.2. The van der Waals surface area contributed by atoms with Crippen LogP contribution in [0.15, 0.2) is 29.3 Å². The Balaban J connectivity index is 0.00000261. The zero-order chi connectivity index (χ0) is 18.2. The van der Waals surface area contributed by atoms with E-state index < -0.39 is 0 Å². The molecule has 0 aliphatic carbocycles. The van der Waals surface area contributed by atoms with Crippen LogP contribution in [-0.4, -0.2) is 43.2 Å². The second-order valence-electron chi connectivity index (χ2n) is 7.38. The van der Waals surface area contributed by atoms with Crippen LogP contribution in [0.1, 0.15) is 49.8 Å². The molecule has 3 unspecified atom stereocenters. The van der Waals surface area contributed by atoms with Gasteiger partial charge in [-0.05, 0) is 50.8 Å². The monoisotopic (exact) mass is 503 g/mol. The molecular weight excluding hydrogens is 469 g/mol. The van der Waals surface area contributed by atoms with Crippen LogP contribution in [0.25, 0.3) is 0 Å². The summed E-state index contributed by atoms with van der Waals surface area (Å²) in [6.07, 6.45) is 5.03. The lowest BCUT2D eigenvalue weighted by atomic mass is 9.89. The highest BCUT2D eigenvalue weighted by Crippen LogP contribution is 2.34. The first-order chi connectivity index (χ1) is 12.8. The van der Waals surface area contributed by atoms with E-state index in [1.165, 1.54) is 41.9 Å². The van der Waals surface area contributed by atoms with Crippen molar-refractivity contribution in [2.24, 2.45) is 10.9 Å². The number of hydrogen-bond donors (Lipinski definition) is 2. The Kier molecular flexibility index (Phi) is 10.3. The smallest absolute Gasteiger partial charge is 0.191 e. The fourth-order valence-corrected chi connectivity index (χ4v) is 4.80. The van der Waals surface area contributed by atoms with Crippen molar-refractivity contribution in [3.05, 3.63) is 35.4 Å². The maximum Gasteiger partial charge on any atom is 0.191 e. The highest BCUT2D eigenvalue weighted by atomic mass is 127. The Bertz CT molecular complexity index is 575. The molecular formula is C21H34IN3OS. The fraction of sp³-hybridized carbons (Fsp3) is 0.667. The predicted molar refractivity (Wildman–Crippen MR) is 127 cm³/mol. The molecule has 0 radical (unpaired) electrons. The van der Waals surface area contributed by atoms with Crippen LogP contribution in [0.5, 0.6) is 0 Å². The molecule has 0 saturated carbocycles. The molecule has 2 saturated heterocycles. The van der Waals surface area contributed by atoms with E-state index in [1.807, 2.05) is 11.8 Å². The molecule has 2 N–H and O–H groups in total. The number of benzene rings is 1. The summed E-state index contributed by atoms with van der Waals surface area (Å²) < 4.78 is 6.15. The van der Waals surface area contributed by atoms with Gasteiger partial charge >= 0.3 is 0 Å². The van der Waals surface area contributed by atoms with Crippen LogP contribution >= 0.6 is 35.7 Å². The Morgan fingerprint density at radius 1 is 1.22 bits per heavy atom. The van der Waals surface area contributed by atoms with Crippen LogP contribution in [-0.2, 0) is 4.74 Å². The van der Waals surface area contributed by atoms with Crippen molar-refractivity contribution >= 4 is 41.7 Å². The number of guanidine groups is 1. The van der Waals surface area contributed by atoms with Crippen LogP contribution in [0.4, 0.5) is 0 Å². The van der Waals surface area contributed by atoms with Gasteiger partial charge < -0.3 is 15.4 Å². The Hall–Kier alpha value is -0.470. The third kappa shape index (κ3) is 7.13. The van der Waals surface area contributed by atoms with E-state index in [0.29, 0.717) is 12.0 Å². The Morgan fingerprint density at radius 2 is 2.04 bits per heavy atom. The second kappa shape index (κ2) is 12.2. The summed E-state index contributed by atoms with van der Waals surface area (Å²) in [5.74, 6) is 3.89. The summed E-state index contributed by atoms with van der Waals surface area (Å²) in [5, 5.41) is 7.06. The first kappa shape index (κ1) is 22.8. The lowest BCUT2D eigenvalue weighted by molar-refractivity contribution is -0.0250. The number of nitrogens with one attached hydrogen (secondary N) is 2. The van der Waals surface area contributed by atoms with Crippen molar-refractivity contribution in [1.29, 1.82) is 0 Å². The van der Waals surface area contributed by atoms with E-state index >= 15 is 0 Å². The lowest BCUT2D eigenvalue weighted by Gasteiger charge is -2.31. The molecule has 1 aromatic rings. The van der Waals surface area contributed by atoms with Gasteiger partial charge in [0.2, 0.25) is 0 Å². The van der Waals surface area contributed by atoms with Gasteiger partial charge in [0.25, 0.3) is 0 Å². The van der Waals surface area contributed by atoms with Gasteiger partial charge in [0.1, 0.15) is 0 Å². The number of halogens is 1. The molecule has 3 rings (SSSR count). The highest BCUT2D eigenvalue weighted by Gasteiger charge is 2.27. The van der Waals surface area contributed by atoms with Gasteiger partial charge in [-0.15, -0.1) is 24.0 Å². The van der Waals surface area contributed by atoms with Gasteiger partial charge in [-0.2, -0.15) is 11.8 Å². The number of ether oxygens (including phenoxy) is 1. The Labute approximate surface area is 185 Å². The van der Waals surface area contributed by atoms with Crippen molar-refractivity contribution in [2.45, 2.75) is 51.7 Å². The van der Waals surface area contributed by atoms with E-state index in [-0.39, 0.29) is 30.1 Å².